The third-order valence-corrected chi connectivity index (χ3v) is 3.01. The molecule has 0 radical (unpaired) electrons. The molecule has 3 nitrogen and oxygen atoms in total. The molecule has 0 aliphatic carbocycles. The van der Waals surface area contributed by atoms with Crippen molar-refractivity contribution in [3.05, 3.63) is 21.9 Å². The summed E-state index contributed by atoms with van der Waals surface area (Å²) in [4.78, 5) is 1.13. The van der Waals surface area contributed by atoms with E-state index in [0.29, 0.717) is 26.2 Å². The minimum Gasteiger partial charge on any atom is -0.395 e. The van der Waals surface area contributed by atoms with Gasteiger partial charge >= 0.3 is 0 Å². The van der Waals surface area contributed by atoms with Crippen LogP contribution in [-0.2, 0) is 16.1 Å². The molecule has 1 N–H and O–H groups in total. The molecule has 0 unspecified atom stereocenters. The van der Waals surface area contributed by atoms with Gasteiger partial charge in [-0.2, -0.15) is 0 Å². The van der Waals surface area contributed by atoms with Crippen molar-refractivity contribution >= 4 is 11.3 Å². The Morgan fingerprint density at radius 3 is 2.94 bits per heavy atom. The first-order valence-corrected chi connectivity index (χ1v) is 6.97. The van der Waals surface area contributed by atoms with Crippen LogP contribution in [0.25, 0.3) is 0 Å². The maximum Gasteiger partial charge on any atom is 0.0823 e. The summed E-state index contributed by atoms with van der Waals surface area (Å²) in [6.07, 6.45) is 0.758. The Morgan fingerprint density at radius 1 is 1.39 bits per heavy atom. The lowest BCUT2D eigenvalue weighted by atomic mass is 10.2. The monoisotopic (exact) mass is 268 g/mol. The van der Waals surface area contributed by atoms with E-state index in [1.54, 1.807) is 11.3 Å². The summed E-state index contributed by atoms with van der Waals surface area (Å²) < 4.78 is 10.9. The van der Waals surface area contributed by atoms with Crippen LogP contribution in [0.5, 0.6) is 0 Å². The zero-order chi connectivity index (χ0) is 13.2. The van der Waals surface area contributed by atoms with E-state index >= 15 is 0 Å². The van der Waals surface area contributed by atoms with Gasteiger partial charge in [-0.3, -0.25) is 0 Å². The highest BCUT2D eigenvalue weighted by Gasteiger charge is 2.02. The Bertz CT molecular complexity index is 387. The fourth-order valence-electron chi connectivity index (χ4n) is 1.29. The standard InChI is InChI=1S/C14H20O3S/c1-12(2)17-9-8-16-11-14-13(6-10-18-14)5-3-4-7-15/h6,10,12,15H,4,7-9,11H2,1-2H3. The Kier molecular flexibility index (Phi) is 7.70. The van der Waals surface area contributed by atoms with Crippen LogP contribution in [0.2, 0.25) is 0 Å². The molecular weight excluding hydrogens is 248 g/mol. The van der Waals surface area contributed by atoms with Crippen molar-refractivity contribution < 1.29 is 14.6 Å². The average molecular weight is 268 g/mol. The van der Waals surface area contributed by atoms with E-state index in [9.17, 15) is 0 Å². The Labute approximate surface area is 113 Å². The fourth-order valence-corrected chi connectivity index (χ4v) is 2.05. The van der Waals surface area contributed by atoms with Gasteiger partial charge in [-0.1, -0.05) is 11.8 Å². The molecule has 0 bridgehead atoms. The van der Waals surface area contributed by atoms with Gasteiger partial charge in [0.05, 0.1) is 32.5 Å². The quantitative estimate of drug-likeness (QED) is 0.610. The lowest BCUT2D eigenvalue weighted by Crippen LogP contribution is -2.09. The van der Waals surface area contributed by atoms with E-state index in [4.69, 9.17) is 14.6 Å². The van der Waals surface area contributed by atoms with Crippen molar-refractivity contribution in [3.8, 4) is 11.8 Å². The molecule has 1 aromatic heterocycles. The number of rotatable bonds is 7. The molecule has 1 heterocycles. The van der Waals surface area contributed by atoms with Gasteiger partial charge < -0.3 is 14.6 Å². The lowest BCUT2D eigenvalue weighted by Gasteiger charge is -2.07. The third kappa shape index (κ3) is 6.18. The molecule has 0 spiro atoms. The highest BCUT2D eigenvalue weighted by Crippen LogP contribution is 2.16. The summed E-state index contributed by atoms with van der Waals surface area (Å²) in [5.74, 6) is 5.96. The summed E-state index contributed by atoms with van der Waals surface area (Å²) in [5.41, 5.74) is 0.998. The van der Waals surface area contributed by atoms with Crippen molar-refractivity contribution in [1.29, 1.82) is 0 Å². The second-order valence-electron chi connectivity index (χ2n) is 4.00. The molecule has 0 amide bonds. The molecule has 4 heteroatoms. The predicted molar refractivity (Wildman–Crippen MR) is 73.6 cm³/mol. The van der Waals surface area contributed by atoms with Crippen molar-refractivity contribution in [2.45, 2.75) is 33.0 Å². The molecule has 0 atom stereocenters. The van der Waals surface area contributed by atoms with Crippen LogP contribution in [-0.4, -0.2) is 31.0 Å². The molecule has 0 fully saturated rings. The zero-order valence-corrected chi connectivity index (χ0v) is 11.8. The largest absolute Gasteiger partial charge is 0.395 e. The SMILES string of the molecule is CC(C)OCCOCc1sccc1C#CCCO. The van der Waals surface area contributed by atoms with Gasteiger partial charge in [0.2, 0.25) is 0 Å². The average Bonchev–Trinajstić information content (AvgIpc) is 2.76. The summed E-state index contributed by atoms with van der Waals surface area (Å²) in [5, 5.41) is 10.7. The van der Waals surface area contributed by atoms with E-state index in [0.717, 1.165) is 10.4 Å². The molecule has 0 aromatic carbocycles. The Hall–Kier alpha value is -0.860. The van der Waals surface area contributed by atoms with Gasteiger partial charge in [-0.25, -0.2) is 0 Å². The van der Waals surface area contributed by atoms with Crippen LogP contribution in [0, 0.1) is 11.8 Å². The minimum absolute atomic E-state index is 0.107. The molecule has 0 saturated carbocycles. The number of hydrogen-bond acceptors (Lipinski definition) is 4. The number of aliphatic hydroxyl groups is 1. The number of thiophene rings is 1. The van der Waals surface area contributed by atoms with Gasteiger partial charge in [0.1, 0.15) is 0 Å². The van der Waals surface area contributed by atoms with Crippen molar-refractivity contribution in [2.24, 2.45) is 0 Å². The van der Waals surface area contributed by atoms with Gasteiger partial charge in [-0.05, 0) is 25.3 Å². The topological polar surface area (TPSA) is 38.7 Å². The van der Waals surface area contributed by atoms with Crippen LogP contribution in [0.1, 0.15) is 30.7 Å². The predicted octanol–water partition coefficient (Wildman–Crippen LogP) is 2.42. The summed E-state index contributed by atoms with van der Waals surface area (Å²) >= 11 is 1.64. The Balaban J connectivity index is 2.30. The summed E-state index contributed by atoms with van der Waals surface area (Å²) in [6, 6.07) is 1.98. The molecule has 18 heavy (non-hydrogen) atoms. The van der Waals surface area contributed by atoms with Crippen LogP contribution < -0.4 is 0 Å². The van der Waals surface area contributed by atoms with Crippen LogP contribution in [0.15, 0.2) is 11.4 Å². The molecule has 100 valence electrons. The van der Waals surface area contributed by atoms with E-state index in [2.05, 4.69) is 11.8 Å². The van der Waals surface area contributed by atoms with E-state index in [1.807, 2.05) is 25.3 Å². The first-order valence-electron chi connectivity index (χ1n) is 6.09. The number of aliphatic hydroxyl groups excluding tert-OH is 1. The Morgan fingerprint density at radius 2 is 2.22 bits per heavy atom. The van der Waals surface area contributed by atoms with Gasteiger partial charge in [0, 0.05) is 16.9 Å². The molecular formula is C14H20O3S. The molecule has 0 saturated heterocycles. The third-order valence-electron chi connectivity index (χ3n) is 2.12. The van der Waals surface area contributed by atoms with Crippen molar-refractivity contribution in [2.75, 3.05) is 19.8 Å². The summed E-state index contributed by atoms with van der Waals surface area (Å²) in [6.45, 7) is 5.91. The maximum absolute atomic E-state index is 8.67. The molecule has 1 aromatic rings. The minimum atomic E-state index is 0.107. The van der Waals surface area contributed by atoms with Crippen LogP contribution in [0.3, 0.4) is 0 Å². The smallest absolute Gasteiger partial charge is 0.0823 e. The van der Waals surface area contributed by atoms with Crippen LogP contribution in [0.4, 0.5) is 0 Å². The van der Waals surface area contributed by atoms with Crippen LogP contribution >= 0.6 is 11.3 Å². The van der Waals surface area contributed by atoms with Gasteiger partial charge in [0.15, 0.2) is 0 Å². The van der Waals surface area contributed by atoms with Gasteiger partial charge in [0.25, 0.3) is 0 Å². The molecule has 0 aliphatic heterocycles. The van der Waals surface area contributed by atoms with Crippen molar-refractivity contribution in [1.82, 2.24) is 0 Å². The lowest BCUT2D eigenvalue weighted by molar-refractivity contribution is 0.0149. The fraction of sp³-hybridized carbons (Fsp3) is 0.571. The van der Waals surface area contributed by atoms with E-state index in [-0.39, 0.29) is 12.7 Å². The molecule has 0 aliphatic rings. The molecule has 1 rings (SSSR count). The van der Waals surface area contributed by atoms with Gasteiger partial charge in [-0.15, -0.1) is 11.3 Å². The second-order valence-corrected chi connectivity index (χ2v) is 5.01. The number of ether oxygens (including phenoxy) is 2. The second kappa shape index (κ2) is 9.12. The highest BCUT2D eigenvalue weighted by atomic mass is 32.1. The zero-order valence-electron chi connectivity index (χ0n) is 10.9. The first kappa shape index (κ1) is 15.2. The van der Waals surface area contributed by atoms with E-state index in [1.165, 1.54) is 0 Å². The summed E-state index contributed by atoms with van der Waals surface area (Å²) in [7, 11) is 0. The van der Waals surface area contributed by atoms with Crippen molar-refractivity contribution in [3.63, 3.8) is 0 Å². The van der Waals surface area contributed by atoms with E-state index < -0.39 is 0 Å². The highest BCUT2D eigenvalue weighted by molar-refractivity contribution is 7.10. The first-order chi connectivity index (χ1) is 8.74. The number of hydrogen-bond donors (Lipinski definition) is 1. The normalized spacial score (nSPS) is 10.4. The maximum atomic E-state index is 8.67.